The summed E-state index contributed by atoms with van der Waals surface area (Å²) in [6.45, 7) is 0.613. The minimum absolute atomic E-state index is 0. The molecule has 0 atom stereocenters. The lowest BCUT2D eigenvalue weighted by atomic mass is 10.2. The molecule has 0 saturated heterocycles. The monoisotopic (exact) mass is 397 g/mol. The van der Waals surface area contributed by atoms with E-state index in [1.807, 2.05) is 36.1 Å². The summed E-state index contributed by atoms with van der Waals surface area (Å²) < 4.78 is 1.84. The Labute approximate surface area is 141 Å². The van der Waals surface area contributed by atoms with Gasteiger partial charge in [-0.25, -0.2) is 9.67 Å². The van der Waals surface area contributed by atoms with Gasteiger partial charge in [-0.2, -0.15) is 5.10 Å². The lowest BCUT2D eigenvalue weighted by Gasteiger charge is -2.16. The number of hydrogen-bond donors (Lipinski definition) is 1. The Morgan fingerprint density at radius 2 is 2.10 bits per heavy atom. The fraction of sp³-hybridized carbons (Fsp3) is 0.333. The van der Waals surface area contributed by atoms with E-state index in [2.05, 4.69) is 27.1 Å². The maximum Gasteiger partial charge on any atom is 0.191 e. The van der Waals surface area contributed by atoms with Gasteiger partial charge in [-0.3, -0.25) is 0 Å². The van der Waals surface area contributed by atoms with Crippen LogP contribution in [0.15, 0.2) is 47.7 Å². The Bertz CT molecular complexity index is 587. The average molecular weight is 397 g/mol. The molecule has 2 aromatic rings. The highest BCUT2D eigenvalue weighted by atomic mass is 127. The van der Waals surface area contributed by atoms with Crippen LogP contribution >= 0.6 is 24.0 Å². The molecular formula is C15H20IN5. The average Bonchev–Trinajstić information content (AvgIpc) is 3.19. The number of guanidine groups is 1. The minimum Gasteiger partial charge on any atom is -0.370 e. The van der Waals surface area contributed by atoms with Gasteiger partial charge in [0.15, 0.2) is 5.96 Å². The second-order valence-electron chi connectivity index (χ2n) is 5.13. The molecule has 5 nitrogen and oxygen atoms in total. The van der Waals surface area contributed by atoms with Crippen LogP contribution in [-0.4, -0.2) is 33.7 Å². The van der Waals surface area contributed by atoms with Crippen molar-refractivity contribution in [1.29, 1.82) is 0 Å². The highest BCUT2D eigenvalue weighted by molar-refractivity contribution is 14.0. The molecule has 0 radical (unpaired) electrons. The van der Waals surface area contributed by atoms with E-state index < -0.39 is 0 Å². The first-order valence-corrected chi connectivity index (χ1v) is 6.86. The van der Waals surface area contributed by atoms with Crippen molar-refractivity contribution in [3.63, 3.8) is 0 Å². The van der Waals surface area contributed by atoms with Gasteiger partial charge in [0.1, 0.15) is 0 Å². The van der Waals surface area contributed by atoms with E-state index in [0.717, 1.165) is 11.3 Å². The Balaban J connectivity index is 0.00000161. The summed E-state index contributed by atoms with van der Waals surface area (Å²) in [6.07, 6.45) is 6.15. The summed E-state index contributed by atoms with van der Waals surface area (Å²) in [5, 5.41) is 4.20. The van der Waals surface area contributed by atoms with Crippen molar-refractivity contribution < 1.29 is 0 Å². The number of aliphatic imine (C=N–C) groups is 1. The zero-order valence-electron chi connectivity index (χ0n) is 12.0. The number of nitrogens with zero attached hydrogens (tertiary/aromatic N) is 4. The Morgan fingerprint density at radius 3 is 2.67 bits per heavy atom. The van der Waals surface area contributed by atoms with Crippen LogP contribution in [0.4, 0.5) is 0 Å². The molecule has 1 heterocycles. The molecule has 3 rings (SSSR count). The molecule has 112 valence electrons. The molecular weight excluding hydrogens is 377 g/mol. The third-order valence-electron chi connectivity index (χ3n) is 3.58. The zero-order chi connectivity index (χ0) is 13.9. The van der Waals surface area contributed by atoms with Crippen LogP contribution < -0.4 is 5.73 Å². The summed E-state index contributed by atoms with van der Waals surface area (Å²) >= 11 is 0. The van der Waals surface area contributed by atoms with Crippen molar-refractivity contribution in [1.82, 2.24) is 14.7 Å². The second kappa shape index (κ2) is 6.93. The maximum atomic E-state index is 5.97. The smallest absolute Gasteiger partial charge is 0.191 e. The van der Waals surface area contributed by atoms with Crippen molar-refractivity contribution in [2.75, 3.05) is 7.05 Å². The first-order valence-electron chi connectivity index (χ1n) is 6.86. The van der Waals surface area contributed by atoms with Crippen molar-refractivity contribution in [3.05, 3.63) is 48.3 Å². The molecule has 1 aromatic heterocycles. The number of rotatable bonds is 4. The van der Waals surface area contributed by atoms with Gasteiger partial charge in [0.05, 0.1) is 12.2 Å². The third kappa shape index (κ3) is 3.96. The summed E-state index contributed by atoms with van der Waals surface area (Å²) in [5.41, 5.74) is 8.17. The van der Waals surface area contributed by atoms with Crippen LogP contribution in [0, 0.1) is 0 Å². The van der Waals surface area contributed by atoms with Crippen LogP contribution in [-0.2, 0) is 6.54 Å². The van der Waals surface area contributed by atoms with E-state index in [9.17, 15) is 0 Å². The summed E-state index contributed by atoms with van der Waals surface area (Å²) in [7, 11) is 2.01. The molecule has 0 bridgehead atoms. The van der Waals surface area contributed by atoms with Crippen LogP contribution in [0.3, 0.4) is 0 Å². The number of aromatic nitrogens is 2. The van der Waals surface area contributed by atoms with Crippen molar-refractivity contribution >= 4 is 29.9 Å². The SMILES string of the molecule is CN(C(N)=NCc1ccc(-n2cccn2)cc1)C1CC1.I. The molecule has 0 spiro atoms. The highest BCUT2D eigenvalue weighted by Crippen LogP contribution is 2.24. The molecule has 1 fully saturated rings. The molecule has 21 heavy (non-hydrogen) atoms. The Kier molecular flexibility index (Phi) is 5.22. The van der Waals surface area contributed by atoms with E-state index in [0.29, 0.717) is 18.5 Å². The largest absolute Gasteiger partial charge is 0.370 e. The summed E-state index contributed by atoms with van der Waals surface area (Å²) in [6, 6.07) is 10.7. The van der Waals surface area contributed by atoms with Gasteiger partial charge in [0.25, 0.3) is 0 Å². The number of benzene rings is 1. The second-order valence-corrected chi connectivity index (χ2v) is 5.13. The van der Waals surface area contributed by atoms with Gasteiger partial charge >= 0.3 is 0 Å². The van der Waals surface area contributed by atoms with Crippen LogP contribution in [0.1, 0.15) is 18.4 Å². The molecule has 1 aromatic carbocycles. The molecule has 2 N–H and O–H groups in total. The van der Waals surface area contributed by atoms with E-state index in [1.54, 1.807) is 6.20 Å². The van der Waals surface area contributed by atoms with Gasteiger partial charge in [0, 0.05) is 25.5 Å². The van der Waals surface area contributed by atoms with Gasteiger partial charge < -0.3 is 10.6 Å². The maximum absolute atomic E-state index is 5.97. The first kappa shape index (κ1) is 15.8. The molecule has 1 saturated carbocycles. The van der Waals surface area contributed by atoms with Crippen LogP contribution in [0.5, 0.6) is 0 Å². The predicted octanol–water partition coefficient (Wildman–Crippen LogP) is 2.40. The van der Waals surface area contributed by atoms with Gasteiger partial charge in [-0.15, -0.1) is 24.0 Å². The molecule has 0 aliphatic heterocycles. The van der Waals surface area contributed by atoms with Gasteiger partial charge in [-0.05, 0) is 36.6 Å². The van der Waals surface area contributed by atoms with Crippen molar-refractivity contribution in [2.24, 2.45) is 10.7 Å². The molecule has 6 heteroatoms. The lowest BCUT2D eigenvalue weighted by Crippen LogP contribution is -2.35. The lowest BCUT2D eigenvalue weighted by molar-refractivity contribution is 0.487. The number of nitrogens with two attached hydrogens (primary N) is 1. The van der Waals surface area contributed by atoms with Crippen molar-refractivity contribution in [3.8, 4) is 5.69 Å². The fourth-order valence-electron chi connectivity index (χ4n) is 2.11. The minimum atomic E-state index is 0. The fourth-order valence-corrected chi connectivity index (χ4v) is 2.11. The molecule has 1 aliphatic rings. The van der Waals surface area contributed by atoms with Crippen LogP contribution in [0.2, 0.25) is 0 Å². The number of halogens is 1. The highest BCUT2D eigenvalue weighted by Gasteiger charge is 2.27. The third-order valence-corrected chi connectivity index (χ3v) is 3.58. The van der Waals surface area contributed by atoms with Gasteiger partial charge in [0.2, 0.25) is 0 Å². The summed E-state index contributed by atoms with van der Waals surface area (Å²) in [4.78, 5) is 6.51. The van der Waals surface area contributed by atoms with E-state index in [4.69, 9.17) is 5.73 Å². The summed E-state index contributed by atoms with van der Waals surface area (Å²) in [5.74, 6) is 0.628. The van der Waals surface area contributed by atoms with E-state index >= 15 is 0 Å². The topological polar surface area (TPSA) is 59.4 Å². The molecule has 0 amide bonds. The Morgan fingerprint density at radius 1 is 1.38 bits per heavy atom. The van der Waals surface area contributed by atoms with E-state index in [1.165, 1.54) is 12.8 Å². The van der Waals surface area contributed by atoms with Gasteiger partial charge in [-0.1, -0.05) is 12.1 Å². The number of hydrogen-bond acceptors (Lipinski definition) is 2. The van der Waals surface area contributed by atoms with Crippen molar-refractivity contribution in [2.45, 2.75) is 25.4 Å². The standard InChI is InChI=1S/C15H19N5.HI/c1-19(13-7-8-13)15(16)17-11-12-3-5-14(6-4-12)20-10-2-9-18-20;/h2-6,9-10,13H,7-8,11H2,1H3,(H2,16,17);1H. The Hall–Kier alpha value is -1.57. The van der Waals surface area contributed by atoms with Crippen LogP contribution in [0.25, 0.3) is 5.69 Å². The van der Waals surface area contributed by atoms with E-state index in [-0.39, 0.29) is 24.0 Å². The first-order chi connectivity index (χ1) is 9.74. The quantitative estimate of drug-likeness (QED) is 0.490. The predicted molar refractivity (Wildman–Crippen MR) is 95.1 cm³/mol. The molecule has 1 aliphatic carbocycles. The molecule has 0 unspecified atom stereocenters. The zero-order valence-corrected chi connectivity index (χ0v) is 14.3. The normalized spacial score (nSPS) is 14.6.